The highest BCUT2D eigenvalue weighted by Gasteiger charge is 2.18. The number of benzene rings is 2. The topological polar surface area (TPSA) is 59.8 Å². The Hall–Kier alpha value is -2.90. The van der Waals surface area contributed by atoms with E-state index in [0.29, 0.717) is 18.1 Å². The first-order chi connectivity index (χ1) is 16.0. The molecule has 0 amide bonds. The molecule has 0 saturated carbocycles. The molecule has 1 saturated heterocycles. The first-order valence-corrected chi connectivity index (χ1v) is 11.8. The highest BCUT2D eigenvalue weighted by molar-refractivity contribution is 5.94. The van der Waals surface area contributed by atoms with Crippen LogP contribution in [0.2, 0.25) is 0 Å². The quantitative estimate of drug-likeness (QED) is 0.363. The highest BCUT2D eigenvalue weighted by atomic mass is 16.5. The van der Waals surface area contributed by atoms with Crippen molar-refractivity contribution in [3.8, 4) is 5.69 Å². The second-order valence-corrected chi connectivity index (χ2v) is 8.86. The Balaban J connectivity index is 1.46. The molecule has 1 aromatic heterocycles. The molecule has 176 valence electrons. The first kappa shape index (κ1) is 23.3. The fraction of sp³-hybridized carbons (Fsp3) is 0.462. The van der Waals surface area contributed by atoms with Crippen molar-refractivity contribution in [2.45, 2.75) is 20.8 Å². The van der Waals surface area contributed by atoms with E-state index in [2.05, 4.69) is 43.6 Å². The lowest BCUT2D eigenvalue weighted by atomic mass is 10.2. The molecular formula is C26H34N4O3. The van der Waals surface area contributed by atoms with Gasteiger partial charge in [-0.1, -0.05) is 19.9 Å². The maximum atomic E-state index is 12.3. The Morgan fingerprint density at radius 2 is 1.85 bits per heavy atom. The third-order valence-corrected chi connectivity index (χ3v) is 5.93. The average Bonchev–Trinajstić information content (AvgIpc) is 3.26. The second-order valence-electron chi connectivity index (χ2n) is 8.86. The van der Waals surface area contributed by atoms with Crippen LogP contribution in [-0.4, -0.2) is 73.0 Å². The molecule has 4 rings (SSSR count). The highest BCUT2D eigenvalue weighted by Crippen LogP contribution is 2.24. The van der Waals surface area contributed by atoms with E-state index in [0.717, 1.165) is 62.7 Å². The largest absolute Gasteiger partial charge is 0.462 e. The summed E-state index contributed by atoms with van der Waals surface area (Å²) in [5.74, 6) is 0.00441. The minimum atomic E-state index is -0.303. The van der Waals surface area contributed by atoms with Crippen LogP contribution in [-0.2, 0) is 9.47 Å². The molecule has 0 N–H and O–H groups in total. The minimum absolute atomic E-state index is 0.303. The van der Waals surface area contributed by atoms with E-state index in [4.69, 9.17) is 9.47 Å². The monoisotopic (exact) mass is 450 g/mol. The van der Waals surface area contributed by atoms with Crippen molar-refractivity contribution in [1.29, 1.82) is 0 Å². The molecule has 7 nitrogen and oxygen atoms in total. The van der Waals surface area contributed by atoms with Gasteiger partial charge in [-0.05, 0) is 49.2 Å². The summed E-state index contributed by atoms with van der Waals surface area (Å²) in [5, 5.41) is 0. The van der Waals surface area contributed by atoms with E-state index in [1.807, 2.05) is 39.2 Å². The van der Waals surface area contributed by atoms with Crippen LogP contribution in [0.1, 0.15) is 31.1 Å². The number of hydrogen-bond donors (Lipinski definition) is 0. The lowest BCUT2D eigenvalue weighted by molar-refractivity contribution is 0.0459. The number of imidazole rings is 1. The van der Waals surface area contributed by atoms with E-state index in [-0.39, 0.29) is 5.97 Å². The molecule has 2 aromatic carbocycles. The van der Waals surface area contributed by atoms with Gasteiger partial charge in [0.1, 0.15) is 6.33 Å². The van der Waals surface area contributed by atoms with Gasteiger partial charge in [0.15, 0.2) is 0 Å². The van der Waals surface area contributed by atoms with Crippen LogP contribution in [0.4, 0.5) is 5.69 Å². The van der Waals surface area contributed by atoms with E-state index < -0.39 is 0 Å². The summed E-state index contributed by atoms with van der Waals surface area (Å²) < 4.78 is 12.9. The summed E-state index contributed by atoms with van der Waals surface area (Å²) in [5.41, 5.74) is 4.55. The number of rotatable bonds is 9. The number of esters is 1. The van der Waals surface area contributed by atoms with E-state index in [1.54, 1.807) is 6.07 Å². The molecule has 0 atom stereocenters. The lowest BCUT2D eigenvalue weighted by Crippen LogP contribution is -2.47. The molecule has 7 heteroatoms. The van der Waals surface area contributed by atoms with E-state index >= 15 is 0 Å². The molecule has 3 aromatic rings. The van der Waals surface area contributed by atoms with Crippen LogP contribution in [0.5, 0.6) is 0 Å². The third kappa shape index (κ3) is 5.72. The summed E-state index contributed by atoms with van der Waals surface area (Å²) in [7, 11) is 0. The van der Waals surface area contributed by atoms with Crippen LogP contribution >= 0.6 is 0 Å². The summed E-state index contributed by atoms with van der Waals surface area (Å²) >= 11 is 0. The zero-order valence-electron chi connectivity index (χ0n) is 19.9. The predicted octanol–water partition coefficient (Wildman–Crippen LogP) is 4.00. The van der Waals surface area contributed by atoms with Crippen LogP contribution in [0.15, 0.2) is 48.8 Å². The number of ether oxygens (including phenoxy) is 2. The molecule has 0 unspecified atom stereocenters. The third-order valence-electron chi connectivity index (χ3n) is 5.93. The fourth-order valence-electron chi connectivity index (χ4n) is 4.08. The SMILES string of the molecule is CCOCCN1CCN(c2cccc(-n3cnc4cc(C(=O)OCC(C)C)ccc43)c2)CC1. The smallest absolute Gasteiger partial charge is 0.338 e. The molecule has 1 aliphatic rings. The van der Waals surface area contributed by atoms with Crippen molar-refractivity contribution >= 4 is 22.7 Å². The lowest BCUT2D eigenvalue weighted by Gasteiger charge is -2.36. The predicted molar refractivity (Wildman–Crippen MR) is 131 cm³/mol. The fourth-order valence-corrected chi connectivity index (χ4v) is 4.08. The molecule has 33 heavy (non-hydrogen) atoms. The van der Waals surface area contributed by atoms with Gasteiger partial charge in [-0.3, -0.25) is 9.47 Å². The van der Waals surface area contributed by atoms with Crippen LogP contribution in [0, 0.1) is 5.92 Å². The molecule has 1 aliphatic heterocycles. The van der Waals surface area contributed by atoms with E-state index in [9.17, 15) is 4.79 Å². The van der Waals surface area contributed by atoms with Crippen molar-refractivity contribution < 1.29 is 14.3 Å². The Kier molecular flexibility index (Phi) is 7.62. The summed E-state index contributed by atoms with van der Waals surface area (Å²) in [6, 6.07) is 14.1. The van der Waals surface area contributed by atoms with Crippen LogP contribution in [0.25, 0.3) is 16.7 Å². The molecule has 2 heterocycles. The molecule has 0 radical (unpaired) electrons. The van der Waals surface area contributed by atoms with Gasteiger partial charge in [-0.15, -0.1) is 0 Å². The average molecular weight is 451 g/mol. The maximum absolute atomic E-state index is 12.3. The van der Waals surface area contributed by atoms with Crippen LogP contribution < -0.4 is 4.90 Å². The molecule has 0 spiro atoms. The second kappa shape index (κ2) is 10.8. The number of fused-ring (bicyclic) bond motifs is 1. The number of hydrogen-bond acceptors (Lipinski definition) is 6. The van der Waals surface area contributed by atoms with Gasteiger partial charge in [0.25, 0.3) is 0 Å². The number of carbonyl (C=O) groups is 1. The number of anilines is 1. The van der Waals surface area contributed by atoms with Gasteiger partial charge in [0, 0.05) is 50.7 Å². The molecule has 0 aliphatic carbocycles. The number of nitrogens with zero attached hydrogens (tertiary/aromatic N) is 4. The zero-order chi connectivity index (χ0) is 23.2. The number of aromatic nitrogens is 2. The maximum Gasteiger partial charge on any atom is 0.338 e. The molecule has 1 fully saturated rings. The summed E-state index contributed by atoms with van der Waals surface area (Å²) in [6.45, 7) is 13.2. The normalized spacial score (nSPS) is 14.8. The standard InChI is InChI=1S/C26H34N4O3/c1-4-32-15-14-28-10-12-29(13-11-28)22-6-5-7-23(17-22)30-19-27-24-16-21(8-9-25(24)30)26(31)33-18-20(2)3/h5-9,16-17,19-20H,4,10-15,18H2,1-3H3. The Morgan fingerprint density at radius 3 is 2.61 bits per heavy atom. The van der Waals surface area contributed by atoms with Crippen LogP contribution in [0.3, 0.4) is 0 Å². The van der Waals surface area contributed by atoms with Crippen molar-refractivity contribution in [3.05, 3.63) is 54.4 Å². The zero-order valence-corrected chi connectivity index (χ0v) is 19.9. The molecular weight excluding hydrogens is 416 g/mol. The summed E-state index contributed by atoms with van der Waals surface area (Å²) in [6.07, 6.45) is 1.82. The van der Waals surface area contributed by atoms with Crippen molar-refractivity contribution in [2.75, 3.05) is 57.4 Å². The van der Waals surface area contributed by atoms with Crippen molar-refractivity contribution in [3.63, 3.8) is 0 Å². The number of carbonyl (C=O) groups excluding carboxylic acids is 1. The van der Waals surface area contributed by atoms with Gasteiger partial charge < -0.3 is 14.4 Å². The van der Waals surface area contributed by atoms with E-state index in [1.165, 1.54) is 5.69 Å². The van der Waals surface area contributed by atoms with Gasteiger partial charge in [0.05, 0.1) is 29.8 Å². The summed E-state index contributed by atoms with van der Waals surface area (Å²) in [4.78, 5) is 21.8. The van der Waals surface area contributed by atoms with Crippen molar-refractivity contribution in [1.82, 2.24) is 14.5 Å². The van der Waals surface area contributed by atoms with Gasteiger partial charge in [-0.25, -0.2) is 9.78 Å². The van der Waals surface area contributed by atoms with Gasteiger partial charge >= 0.3 is 5.97 Å². The Morgan fingerprint density at radius 1 is 1.06 bits per heavy atom. The van der Waals surface area contributed by atoms with Crippen molar-refractivity contribution in [2.24, 2.45) is 5.92 Å². The minimum Gasteiger partial charge on any atom is -0.462 e. The first-order valence-electron chi connectivity index (χ1n) is 11.8. The Bertz CT molecular complexity index is 1070. The Labute approximate surface area is 195 Å². The van der Waals surface area contributed by atoms with Gasteiger partial charge in [0.2, 0.25) is 0 Å². The van der Waals surface area contributed by atoms with Gasteiger partial charge in [-0.2, -0.15) is 0 Å². The molecule has 0 bridgehead atoms. The number of piperazine rings is 1.